The maximum atomic E-state index is 12.6. The first kappa shape index (κ1) is 15.4. The lowest BCUT2D eigenvalue weighted by Gasteiger charge is -2.15. The fraction of sp³-hybridized carbons (Fsp3) is 0.500. The number of nitrogens with one attached hydrogen (secondary N) is 1. The van der Waals surface area contributed by atoms with Crippen LogP contribution in [0, 0.1) is 11.7 Å². The minimum atomic E-state index is -0.287. The second-order valence-corrected chi connectivity index (χ2v) is 4.59. The number of amides is 1. The normalized spacial score (nSPS) is 13.7. The Bertz CT molecular complexity index is 393. The number of nitrogens with two attached hydrogens (primary N) is 1. The van der Waals surface area contributed by atoms with Gasteiger partial charge in [0.25, 0.3) is 0 Å². The highest BCUT2D eigenvalue weighted by Crippen LogP contribution is 2.10. The van der Waals surface area contributed by atoms with Gasteiger partial charge in [-0.1, -0.05) is 6.92 Å². The van der Waals surface area contributed by atoms with Crippen LogP contribution < -0.4 is 15.8 Å². The second-order valence-electron chi connectivity index (χ2n) is 4.59. The summed E-state index contributed by atoms with van der Waals surface area (Å²) < 4.78 is 18.1. The first-order valence-electron chi connectivity index (χ1n) is 6.42. The first-order valence-corrected chi connectivity index (χ1v) is 6.42. The van der Waals surface area contributed by atoms with E-state index in [4.69, 9.17) is 10.5 Å². The van der Waals surface area contributed by atoms with Crippen LogP contribution in [0.25, 0.3) is 0 Å². The quantitative estimate of drug-likeness (QED) is 0.740. The molecule has 0 saturated heterocycles. The summed E-state index contributed by atoms with van der Waals surface area (Å²) >= 11 is 0. The van der Waals surface area contributed by atoms with Crippen molar-refractivity contribution in [2.24, 2.45) is 11.7 Å². The van der Waals surface area contributed by atoms with E-state index in [1.54, 1.807) is 19.1 Å². The minimum absolute atomic E-state index is 0.0446. The van der Waals surface area contributed by atoms with Crippen LogP contribution in [0.2, 0.25) is 0 Å². The molecule has 0 aliphatic carbocycles. The molecule has 0 aliphatic rings. The molecule has 3 N–H and O–H groups in total. The van der Waals surface area contributed by atoms with Gasteiger partial charge in [0, 0.05) is 18.5 Å². The summed E-state index contributed by atoms with van der Waals surface area (Å²) in [6, 6.07) is 5.69. The Morgan fingerprint density at radius 2 is 2.00 bits per heavy atom. The number of carbonyl (C=O) groups is 1. The van der Waals surface area contributed by atoms with Gasteiger partial charge in [-0.2, -0.15) is 0 Å². The van der Waals surface area contributed by atoms with E-state index in [-0.39, 0.29) is 23.7 Å². The molecule has 1 amide bonds. The minimum Gasteiger partial charge on any atom is -0.494 e. The standard InChI is InChI=1S/C14H21FN2O2/c1-10(11(2)16)14(18)17-8-3-9-19-13-6-4-12(15)5-7-13/h4-7,10-11H,3,8-9,16H2,1-2H3,(H,17,18). The summed E-state index contributed by atoms with van der Waals surface area (Å²) in [5.41, 5.74) is 5.64. The molecule has 2 unspecified atom stereocenters. The molecule has 19 heavy (non-hydrogen) atoms. The van der Waals surface area contributed by atoms with Gasteiger partial charge in [0.15, 0.2) is 0 Å². The largest absolute Gasteiger partial charge is 0.494 e. The molecule has 0 aromatic heterocycles. The molecule has 4 nitrogen and oxygen atoms in total. The Labute approximate surface area is 113 Å². The van der Waals surface area contributed by atoms with Crippen molar-refractivity contribution in [1.82, 2.24) is 5.32 Å². The Balaban J connectivity index is 2.14. The zero-order chi connectivity index (χ0) is 14.3. The van der Waals surface area contributed by atoms with Crippen LogP contribution >= 0.6 is 0 Å². The third-order valence-electron chi connectivity index (χ3n) is 2.90. The molecule has 2 atom stereocenters. The molecular formula is C14H21FN2O2. The van der Waals surface area contributed by atoms with Gasteiger partial charge in [-0.3, -0.25) is 4.79 Å². The predicted molar refractivity (Wildman–Crippen MR) is 72.3 cm³/mol. The Hall–Kier alpha value is -1.62. The van der Waals surface area contributed by atoms with Crippen LogP contribution in [-0.4, -0.2) is 25.1 Å². The second kappa shape index (κ2) is 7.74. The number of hydrogen-bond acceptors (Lipinski definition) is 3. The number of benzene rings is 1. The van der Waals surface area contributed by atoms with E-state index in [1.807, 2.05) is 6.92 Å². The lowest BCUT2D eigenvalue weighted by atomic mass is 10.0. The summed E-state index contributed by atoms with van der Waals surface area (Å²) in [5, 5.41) is 2.80. The average Bonchev–Trinajstić information content (AvgIpc) is 2.39. The molecule has 5 heteroatoms. The van der Waals surface area contributed by atoms with E-state index < -0.39 is 0 Å². The van der Waals surface area contributed by atoms with Gasteiger partial charge in [0.2, 0.25) is 5.91 Å². The molecule has 0 bridgehead atoms. The molecular weight excluding hydrogens is 247 g/mol. The van der Waals surface area contributed by atoms with Crippen LogP contribution in [0.3, 0.4) is 0 Å². The van der Waals surface area contributed by atoms with Gasteiger partial charge in [-0.15, -0.1) is 0 Å². The van der Waals surface area contributed by atoms with E-state index >= 15 is 0 Å². The van der Waals surface area contributed by atoms with Crippen molar-refractivity contribution in [3.05, 3.63) is 30.1 Å². The van der Waals surface area contributed by atoms with Crippen LogP contribution in [0.5, 0.6) is 5.75 Å². The molecule has 1 aromatic rings. The molecule has 0 heterocycles. The number of hydrogen-bond donors (Lipinski definition) is 2. The van der Waals surface area contributed by atoms with Gasteiger partial charge in [0.1, 0.15) is 11.6 Å². The topological polar surface area (TPSA) is 64.4 Å². The Kier molecular flexibility index (Phi) is 6.29. The molecule has 106 valence electrons. The summed E-state index contributed by atoms with van der Waals surface area (Å²) in [6.45, 7) is 4.62. The van der Waals surface area contributed by atoms with Crippen molar-refractivity contribution >= 4 is 5.91 Å². The van der Waals surface area contributed by atoms with Crippen molar-refractivity contribution in [2.75, 3.05) is 13.2 Å². The highest BCUT2D eigenvalue weighted by Gasteiger charge is 2.15. The Morgan fingerprint density at radius 1 is 1.37 bits per heavy atom. The first-order chi connectivity index (χ1) is 9.00. The fourth-order valence-electron chi connectivity index (χ4n) is 1.40. The van der Waals surface area contributed by atoms with Gasteiger partial charge in [0.05, 0.1) is 6.61 Å². The lowest BCUT2D eigenvalue weighted by Crippen LogP contribution is -2.39. The van der Waals surface area contributed by atoms with E-state index in [0.717, 1.165) is 0 Å². The maximum Gasteiger partial charge on any atom is 0.224 e. The molecule has 0 aliphatic heterocycles. The summed E-state index contributed by atoms with van der Waals surface area (Å²) in [5.74, 6) is 0.0935. The zero-order valence-electron chi connectivity index (χ0n) is 11.4. The van der Waals surface area contributed by atoms with Gasteiger partial charge in [-0.05, 0) is 37.6 Å². The number of rotatable bonds is 7. The van der Waals surface area contributed by atoms with Crippen molar-refractivity contribution in [1.29, 1.82) is 0 Å². The van der Waals surface area contributed by atoms with Gasteiger partial charge in [-0.25, -0.2) is 4.39 Å². The lowest BCUT2D eigenvalue weighted by molar-refractivity contribution is -0.124. The fourth-order valence-corrected chi connectivity index (χ4v) is 1.40. The Morgan fingerprint density at radius 3 is 2.58 bits per heavy atom. The molecule has 1 rings (SSSR count). The SMILES string of the molecule is CC(N)C(C)C(=O)NCCCOc1ccc(F)cc1. The number of halogens is 1. The highest BCUT2D eigenvalue weighted by atomic mass is 19.1. The third kappa shape index (κ3) is 5.70. The van der Waals surface area contributed by atoms with Crippen molar-refractivity contribution in [2.45, 2.75) is 26.3 Å². The van der Waals surface area contributed by atoms with E-state index in [2.05, 4.69) is 5.32 Å². The van der Waals surface area contributed by atoms with Crippen LogP contribution in [0.15, 0.2) is 24.3 Å². The van der Waals surface area contributed by atoms with Crippen LogP contribution in [0.4, 0.5) is 4.39 Å². The molecule has 0 spiro atoms. The predicted octanol–water partition coefficient (Wildman–Crippen LogP) is 1.69. The van der Waals surface area contributed by atoms with Crippen molar-refractivity contribution in [3.8, 4) is 5.75 Å². The van der Waals surface area contributed by atoms with Crippen LogP contribution in [0.1, 0.15) is 20.3 Å². The zero-order valence-corrected chi connectivity index (χ0v) is 11.4. The van der Waals surface area contributed by atoms with Crippen LogP contribution in [-0.2, 0) is 4.79 Å². The van der Waals surface area contributed by atoms with E-state index in [1.165, 1.54) is 12.1 Å². The summed E-state index contributed by atoms with van der Waals surface area (Å²) in [7, 11) is 0. The molecule has 1 aromatic carbocycles. The van der Waals surface area contributed by atoms with Gasteiger partial charge >= 0.3 is 0 Å². The average molecular weight is 268 g/mol. The van der Waals surface area contributed by atoms with E-state index in [9.17, 15) is 9.18 Å². The summed E-state index contributed by atoms with van der Waals surface area (Å²) in [6.07, 6.45) is 0.689. The van der Waals surface area contributed by atoms with Gasteiger partial charge < -0.3 is 15.8 Å². The van der Waals surface area contributed by atoms with E-state index in [0.29, 0.717) is 25.3 Å². The van der Waals surface area contributed by atoms with Crippen molar-refractivity contribution in [3.63, 3.8) is 0 Å². The maximum absolute atomic E-state index is 12.6. The highest BCUT2D eigenvalue weighted by molar-refractivity contribution is 5.78. The summed E-state index contributed by atoms with van der Waals surface area (Å²) in [4.78, 5) is 11.6. The third-order valence-corrected chi connectivity index (χ3v) is 2.90. The van der Waals surface area contributed by atoms with Crippen molar-refractivity contribution < 1.29 is 13.9 Å². The number of ether oxygens (including phenoxy) is 1. The number of carbonyl (C=O) groups excluding carboxylic acids is 1. The smallest absolute Gasteiger partial charge is 0.224 e. The molecule has 0 saturated carbocycles. The molecule has 0 radical (unpaired) electrons. The monoisotopic (exact) mass is 268 g/mol. The molecule has 0 fully saturated rings.